The average Bonchev–Trinajstić information content (AvgIpc) is 3.54. The van der Waals surface area contributed by atoms with Crippen molar-refractivity contribution >= 4 is 26.6 Å². The number of hydrogen-bond donors (Lipinski definition) is 0. The molecule has 7 heteroatoms. The summed E-state index contributed by atoms with van der Waals surface area (Å²) in [5, 5.41) is 0.663. The van der Waals surface area contributed by atoms with Crippen LogP contribution in [0.15, 0.2) is 66.7 Å². The number of ether oxygens (including phenoxy) is 3. The maximum atomic E-state index is 13.8. The van der Waals surface area contributed by atoms with Gasteiger partial charge in [-0.25, -0.2) is 0 Å². The van der Waals surface area contributed by atoms with Gasteiger partial charge in [0.15, 0.2) is 15.4 Å². The summed E-state index contributed by atoms with van der Waals surface area (Å²) < 4.78 is 30.7. The minimum absolute atomic E-state index is 0.179. The maximum Gasteiger partial charge on any atom is 0.199 e. The maximum absolute atomic E-state index is 13.8. The van der Waals surface area contributed by atoms with E-state index in [2.05, 4.69) is 4.90 Å². The van der Waals surface area contributed by atoms with Crippen LogP contribution in [-0.4, -0.2) is 55.7 Å². The van der Waals surface area contributed by atoms with E-state index in [4.69, 9.17) is 14.2 Å². The zero-order valence-corrected chi connectivity index (χ0v) is 21.3. The molecule has 36 heavy (non-hydrogen) atoms. The van der Waals surface area contributed by atoms with Crippen molar-refractivity contribution in [2.75, 3.05) is 40.5 Å². The Hall–Kier alpha value is -3.39. The van der Waals surface area contributed by atoms with Gasteiger partial charge in [-0.1, -0.05) is 0 Å². The molecule has 1 unspecified atom stereocenters. The fraction of sp³-hybridized carbons (Fsp3) is 0.276. The van der Waals surface area contributed by atoms with E-state index in [1.165, 1.54) is 12.8 Å². The number of methoxy groups -OCH3 is 2. The SMILES string of the molecule is COc1ccc(-c2c(C(=O)c3ccc(OCCN4CCCC4)cc3)c3ccc(OC)cc3[s+]2[O-])cc1. The number of thiophene rings is 1. The first kappa shape index (κ1) is 24.3. The smallest absolute Gasteiger partial charge is 0.199 e. The number of nitrogens with zero attached hydrogens (tertiary/aromatic N) is 1. The fourth-order valence-corrected chi connectivity index (χ4v) is 6.23. The lowest BCUT2D eigenvalue weighted by Crippen LogP contribution is -2.25. The molecule has 1 saturated heterocycles. The molecule has 6 nitrogen and oxygen atoms in total. The van der Waals surface area contributed by atoms with Gasteiger partial charge >= 0.3 is 0 Å². The third-order valence-electron chi connectivity index (χ3n) is 6.64. The molecule has 0 bridgehead atoms. The molecule has 186 valence electrons. The molecule has 1 fully saturated rings. The lowest BCUT2D eigenvalue weighted by Gasteiger charge is -2.15. The van der Waals surface area contributed by atoms with Gasteiger partial charge in [0.25, 0.3) is 0 Å². The molecule has 1 aliphatic heterocycles. The molecule has 1 aliphatic rings. The molecule has 4 aromatic rings. The van der Waals surface area contributed by atoms with Gasteiger partial charge in [-0.05, 0) is 97.3 Å². The van der Waals surface area contributed by atoms with Gasteiger partial charge in [0.2, 0.25) is 0 Å². The second-order valence-electron chi connectivity index (χ2n) is 8.81. The molecule has 0 amide bonds. The summed E-state index contributed by atoms with van der Waals surface area (Å²) in [6, 6.07) is 19.8. The number of carbonyl (C=O) groups excluding carboxylic acids is 1. The predicted octanol–water partition coefficient (Wildman–Crippen LogP) is 5.96. The van der Waals surface area contributed by atoms with Crippen molar-refractivity contribution in [2.24, 2.45) is 0 Å². The summed E-state index contributed by atoms with van der Waals surface area (Å²) in [6.07, 6.45) is 2.51. The van der Waals surface area contributed by atoms with E-state index in [0.29, 0.717) is 44.2 Å². The lowest BCUT2D eigenvalue weighted by molar-refractivity contribution is 0.104. The Morgan fingerprint density at radius 1 is 0.889 bits per heavy atom. The monoisotopic (exact) mass is 503 g/mol. The van der Waals surface area contributed by atoms with Crippen molar-refractivity contribution in [1.82, 2.24) is 4.90 Å². The van der Waals surface area contributed by atoms with Gasteiger partial charge in [0.05, 0.1) is 25.2 Å². The number of hydrogen-bond acceptors (Lipinski definition) is 6. The summed E-state index contributed by atoms with van der Waals surface area (Å²) in [4.78, 5) is 16.7. The van der Waals surface area contributed by atoms with Gasteiger partial charge in [0.1, 0.15) is 23.9 Å². The Labute approximate surface area is 213 Å². The first-order valence-electron chi connectivity index (χ1n) is 12.1. The van der Waals surface area contributed by atoms with Crippen LogP contribution in [0.25, 0.3) is 20.5 Å². The van der Waals surface area contributed by atoms with Crippen LogP contribution >= 0.6 is 10.8 Å². The van der Waals surface area contributed by atoms with Crippen molar-refractivity contribution in [1.29, 1.82) is 0 Å². The van der Waals surface area contributed by atoms with Crippen LogP contribution in [0.3, 0.4) is 0 Å². The van der Waals surface area contributed by atoms with Crippen LogP contribution in [-0.2, 0) is 0 Å². The second kappa shape index (κ2) is 10.7. The van der Waals surface area contributed by atoms with E-state index < -0.39 is 10.8 Å². The molecule has 0 N–H and O–H groups in total. The summed E-state index contributed by atoms with van der Waals surface area (Å²) in [5.74, 6) is 1.84. The molecular weight excluding hydrogens is 474 g/mol. The van der Waals surface area contributed by atoms with Crippen LogP contribution < -0.4 is 14.2 Å². The van der Waals surface area contributed by atoms with Crippen LogP contribution in [0.1, 0.15) is 28.8 Å². The molecule has 5 rings (SSSR count). The van der Waals surface area contributed by atoms with Gasteiger partial charge < -0.3 is 18.8 Å². The zero-order valence-electron chi connectivity index (χ0n) is 20.5. The number of carbonyl (C=O) groups is 1. The normalized spacial score (nSPS) is 14.2. The van der Waals surface area contributed by atoms with Gasteiger partial charge in [-0.3, -0.25) is 9.69 Å². The van der Waals surface area contributed by atoms with Gasteiger partial charge in [-0.15, -0.1) is 0 Å². The number of ketones is 1. The Balaban J connectivity index is 1.47. The molecule has 0 spiro atoms. The van der Waals surface area contributed by atoms with Crippen LogP contribution in [0, 0.1) is 0 Å². The van der Waals surface area contributed by atoms with Crippen LogP contribution in [0.2, 0.25) is 0 Å². The van der Waals surface area contributed by atoms with Crippen molar-refractivity contribution in [2.45, 2.75) is 12.8 Å². The quantitative estimate of drug-likeness (QED) is 0.207. The molecule has 0 aliphatic carbocycles. The Morgan fingerprint density at radius 3 is 2.19 bits per heavy atom. The van der Waals surface area contributed by atoms with Gasteiger partial charge in [-0.2, -0.15) is 0 Å². The summed E-state index contributed by atoms with van der Waals surface area (Å²) in [7, 11) is 1.63. The predicted molar refractivity (Wildman–Crippen MR) is 142 cm³/mol. The largest absolute Gasteiger partial charge is 0.590 e. The van der Waals surface area contributed by atoms with E-state index in [0.717, 1.165) is 30.9 Å². The molecular formula is C29H29NO5S. The van der Waals surface area contributed by atoms with Crippen LogP contribution in [0.4, 0.5) is 0 Å². The molecule has 3 aromatic carbocycles. The molecule has 2 heterocycles. The highest BCUT2D eigenvalue weighted by molar-refractivity contribution is 7.35. The number of rotatable bonds is 9. The Kier molecular flexibility index (Phi) is 7.23. The van der Waals surface area contributed by atoms with E-state index in [9.17, 15) is 9.35 Å². The standard InChI is InChI=1S/C29H29NO5S/c1-33-22-9-7-21(8-10-22)29-27(25-14-13-24(34-2)19-26(25)36(29)32)28(31)20-5-11-23(12-6-20)35-18-17-30-15-3-4-16-30/h5-14,19H,3-4,15-18H2,1-2H3. The third-order valence-corrected chi connectivity index (χ3v) is 8.19. The summed E-state index contributed by atoms with van der Waals surface area (Å²) in [5.41, 5.74) is 1.68. The van der Waals surface area contributed by atoms with Crippen molar-refractivity contribution < 1.29 is 23.6 Å². The number of benzene rings is 3. The molecule has 0 saturated carbocycles. The lowest BCUT2D eigenvalue weighted by atomic mass is 9.97. The molecule has 0 radical (unpaired) electrons. The zero-order chi connectivity index (χ0) is 25.1. The van der Waals surface area contributed by atoms with E-state index in [-0.39, 0.29) is 5.78 Å². The Bertz CT molecular complexity index is 1360. The highest BCUT2D eigenvalue weighted by Crippen LogP contribution is 2.47. The third kappa shape index (κ3) is 4.82. The van der Waals surface area contributed by atoms with E-state index in [1.807, 2.05) is 30.3 Å². The highest BCUT2D eigenvalue weighted by atomic mass is 32.2. The van der Waals surface area contributed by atoms with Crippen LogP contribution in [0.5, 0.6) is 17.2 Å². The first-order valence-corrected chi connectivity index (χ1v) is 13.2. The number of fused-ring (bicyclic) bond motifs is 1. The van der Waals surface area contributed by atoms with Gasteiger partial charge in [0, 0.05) is 23.7 Å². The number of likely N-dealkylation sites (tertiary alicyclic amines) is 1. The van der Waals surface area contributed by atoms with E-state index in [1.54, 1.807) is 50.6 Å². The van der Waals surface area contributed by atoms with Crippen molar-refractivity contribution in [3.8, 4) is 27.7 Å². The average molecular weight is 504 g/mol. The fourth-order valence-electron chi connectivity index (χ4n) is 4.68. The summed E-state index contributed by atoms with van der Waals surface area (Å²) in [6.45, 7) is 3.80. The van der Waals surface area contributed by atoms with Crippen molar-refractivity contribution in [3.63, 3.8) is 0 Å². The first-order chi connectivity index (χ1) is 17.6. The topological polar surface area (TPSA) is 71.1 Å². The molecule has 1 aromatic heterocycles. The highest BCUT2D eigenvalue weighted by Gasteiger charge is 2.30. The minimum atomic E-state index is -1.53. The Morgan fingerprint density at radius 2 is 1.53 bits per heavy atom. The second-order valence-corrected chi connectivity index (χ2v) is 10.2. The molecule has 1 atom stereocenters. The van der Waals surface area contributed by atoms with E-state index >= 15 is 0 Å². The summed E-state index contributed by atoms with van der Waals surface area (Å²) >= 11 is 0. The van der Waals surface area contributed by atoms with Crippen molar-refractivity contribution in [3.05, 3.63) is 77.9 Å². The minimum Gasteiger partial charge on any atom is -0.590 e.